The summed E-state index contributed by atoms with van der Waals surface area (Å²) in [6, 6.07) is 3.05. The molecule has 1 heterocycles. The molecule has 0 bridgehead atoms. The third-order valence-electron chi connectivity index (χ3n) is 4.28. The van der Waals surface area contributed by atoms with E-state index < -0.39 is 18.8 Å². The topological polar surface area (TPSA) is 100 Å². The van der Waals surface area contributed by atoms with Gasteiger partial charge in [0.25, 0.3) is 0 Å². The van der Waals surface area contributed by atoms with Crippen molar-refractivity contribution >= 4 is 18.6 Å². The van der Waals surface area contributed by atoms with Crippen LogP contribution < -0.4 is 20.3 Å². The Labute approximate surface area is 160 Å². The number of hydrogen-bond acceptors (Lipinski definition) is 8. The summed E-state index contributed by atoms with van der Waals surface area (Å²) in [5.41, 5.74) is 0.460. The second-order valence-corrected chi connectivity index (χ2v) is 7.51. The second-order valence-electron chi connectivity index (χ2n) is 7.51. The number of methoxy groups -OCH3 is 2. The van der Waals surface area contributed by atoms with Crippen molar-refractivity contribution in [3.8, 4) is 11.5 Å². The van der Waals surface area contributed by atoms with E-state index in [0.29, 0.717) is 31.1 Å². The quantitative estimate of drug-likeness (QED) is 0.449. The average molecular weight is 380 g/mol. The molecule has 27 heavy (non-hydrogen) atoms. The Bertz CT molecular complexity index is 637. The molecule has 1 saturated heterocycles. The van der Waals surface area contributed by atoms with Gasteiger partial charge in [-0.05, 0) is 38.5 Å². The SMILES string of the molecule is COc1cc(CN2CCNCC2C(=O)OC(C)(C)C)cc(OC)c1B(O)O. The number of piperazine rings is 1. The first-order valence-corrected chi connectivity index (χ1v) is 8.95. The van der Waals surface area contributed by atoms with Gasteiger partial charge in [0, 0.05) is 26.2 Å². The maximum absolute atomic E-state index is 12.6. The summed E-state index contributed by atoms with van der Waals surface area (Å²) >= 11 is 0. The van der Waals surface area contributed by atoms with Gasteiger partial charge >= 0.3 is 13.1 Å². The summed E-state index contributed by atoms with van der Waals surface area (Å²) < 4.78 is 16.1. The van der Waals surface area contributed by atoms with Crippen molar-refractivity contribution in [3.05, 3.63) is 17.7 Å². The Morgan fingerprint density at radius 2 is 1.85 bits per heavy atom. The van der Waals surface area contributed by atoms with Crippen molar-refractivity contribution in [1.82, 2.24) is 10.2 Å². The Kier molecular flexibility index (Phi) is 7.10. The molecule has 150 valence electrons. The number of carbonyl (C=O) groups is 1. The van der Waals surface area contributed by atoms with E-state index in [4.69, 9.17) is 14.2 Å². The van der Waals surface area contributed by atoms with Gasteiger partial charge in [-0.25, -0.2) is 0 Å². The number of carbonyl (C=O) groups excluding carboxylic acids is 1. The normalized spacial score (nSPS) is 18.1. The van der Waals surface area contributed by atoms with Crippen molar-refractivity contribution in [2.75, 3.05) is 33.9 Å². The van der Waals surface area contributed by atoms with E-state index in [1.54, 1.807) is 12.1 Å². The Hall–Kier alpha value is -1.81. The van der Waals surface area contributed by atoms with Gasteiger partial charge in [-0.15, -0.1) is 0 Å². The summed E-state index contributed by atoms with van der Waals surface area (Å²) in [7, 11) is 1.20. The molecule has 8 nitrogen and oxygen atoms in total. The second kappa shape index (κ2) is 8.92. The Morgan fingerprint density at radius 1 is 1.26 bits per heavy atom. The molecule has 1 aliphatic rings. The van der Waals surface area contributed by atoms with Gasteiger partial charge in [0.05, 0.1) is 19.7 Å². The summed E-state index contributed by atoms with van der Waals surface area (Å²) in [5.74, 6) is 0.377. The van der Waals surface area contributed by atoms with Crippen LogP contribution in [0, 0.1) is 0 Å². The van der Waals surface area contributed by atoms with Crippen LogP contribution in [-0.2, 0) is 16.1 Å². The standard InChI is InChI=1S/C18H29BN2O6/c1-18(2,3)27-17(22)13-10-20-6-7-21(13)11-12-8-14(25-4)16(19(23)24)15(9-12)26-5/h8-9,13,20,23-24H,6-7,10-11H2,1-5H3. The molecule has 0 radical (unpaired) electrons. The lowest BCUT2D eigenvalue weighted by molar-refractivity contribution is -0.162. The van der Waals surface area contributed by atoms with Gasteiger partial charge in [-0.3, -0.25) is 9.69 Å². The number of hydrogen-bond donors (Lipinski definition) is 3. The molecule has 1 aromatic rings. The minimum Gasteiger partial charge on any atom is -0.497 e. The third-order valence-corrected chi connectivity index (χ3v) is 4.28. The number of nitrogens with one attached hydrogen (secondary N) is 1. The zero-order valence-corrected chi connectivity index (χ0v) is 16.6. The maximum Gasteiger partial charge on any atom is 0.496 e. The third kappa shape index (κ3) is 5.59. The van der Waals surface area contributed by atoms with Gasteiger partial charge in [-0.1, -0.05) is 0 Å². The van der Waals surface area contributed by atoms with Crippen LogP contribution in [0.25, 0.3) is 0 Å². The lowest BCUT2D eigenvalue weighted by Crippen LogP contribution is -2.55. The van der Waals surface area contributed by atoms with Crippen molar-refractivity contribution < 1.29 is 29.1 Å². The maximum atomic E-state index is 12.6. The fourth-order valence-electron chi connectivity index (χ4n) is 3.11. The summed E-state index contributed by atoms with van der Waals surface area (Å²) in [6.07, 6.45) is 0. The summed E-state index contributed by atoms with van der Waals surface area (Å²) in [4.78, 5) is 14.6. The summed E-state index contributed by atoms with van der Waals surface area (Å²) in [6.45, 7) is 7.97. The molecule has 1 aromatic carbocycles. The number of benzene rings is 1. The highest BCUT2D eigenvalue weighted by molar-refractivity contribution is 6.61. The molecule has 0 aromatic heterocycles. The number of ether oxygens (including phenoxy) is 3. The van der Waals surface area contributed by atoms with E-state index in [0.717, 1.165) is 12.1 Å². The Balaban J connectivity index is 2.26. The van der Waals surface area contributed by atoms with Crippen LogP contribution in [0.3, 0.4) is 0 Å². The smallest absolute Gasteiger partial charge is 0.496 e. The highest BCUT2D eigenvalue weighted by atomic mass is 16.6. The van der Waals surface area contributed by atoms with Crippen LogP contribution in [0.1, 0.15) is 26.3 Å². The summed E-state index contributed by atoms with van der Waals surface area (Å²) in [5, 5.41) is 22.4. The fraction of sp³-hybridized carbons (Fsp3) is 0.611. The molecule has 0 amide bonds. The molecule has 2 rings (SSSR count). The van der Waals surface area contributed by atoms with E-state index in [1.807, 2.05) is 25.7 Å². The lowest BCUT2D eigenvalue weighted by atomic mass is 9.78. The van der Waals surface area contributed by atoms with Crippen LogP contribution in [0.4, 0.5) is 0 Å². The van der Waals surface area contributed by atoms with E-state index in [1.165, 1.54) is 14.2 Å². The first kappa shape index (κ1) is 21.5. The first-order valence-electron chi connectivity index (χ1n) is 8.95. The molecule has 0 aliphatic carbocycles. The van der Waals surface area contributed by atoms with Crippen LogP contribution in [0.5, 0.6) is 11.5 Å². The van der Waals surface area contributed by atoms with Crippen LogP contribution >= 0.6 is 0 Å². The van der Waals surface area contributed by atoms with Crippen LogP contribution in [0.2, 0.25) is 0 Å². The van der Waals surface area contributed by atoms with Crippen molar-refractivity contribution in [3.63, 3.8) is 0 Å². The van der Waals surface area contributed by atoms with Gasteiger partial charge in [0.15, 0.2) is 0 Å². The molecular formula is C18H29BN2O6. The van der Waals surface area contributed by atoms with Crippen LogP contribution in [0.15, 0.2) is 12.1 Å². The van der Waals surface area contributed by atoms with E-state index in [9.17, 15) is 14.8 Å². The average Bonchev–Trinajstić information content (AvgIpc) is 2.59. The largest absolute Gasteiger partial charge is 0.497 e. The van der Waals surface area contributed by atoms with E-state index in [-0.39, 0.29) is 11.4 Å². The number of esters is 1. The van der Waals surface area contributed by atoms with Gasteiger partial charge in [0.1, 0.15) is 23.1 Å². The van der Waals surface area contributed by atoms with Gasteiger partial charge in [0.2, 0.25) is 0 Å². The molecule has 1 atom stereocenters. The molecule has 9 heteroatoms. The van der Waals surface area contributed by atoms with Crippen molar-refractivity contribution in [2.45, 2.75) is 39.0 Å². The molecule has 3 N–H and O–H groups in total. The minimum absolute atomic E-state index is 0.174. The molecule has 1 unspecified atom stereocenters. The monoisotopic (exact) mass is 380 g/mol. The zero-order chi connectivity index (χ0) is 20.2. The Morgan fingerprint density at radius 3 is 2.33 bits per heavy atom. The van der Waals surface area contributed by atoms with Gasteiger partial charge < -0.3 is 29.6 Å². The van der Waals surface area contributed by atoms with E-state index in [2.05, 4.69) is 5.32 Å². The number of rotatable bonds is 6. The highest BCUT2D eigenvalue weighted by Crippen LogP contribution is 2.23. The highest BCUT2D eigenvalue weighted by Gasteiger charge is 2.33. The van der Waals surface area contributed by atoms with Crippen molar-refractivity contribution in [1.29, 1.82) is 0 Å². The molecule has 0 saturated carbocycles. The van der Waals surface area contributed by atoms with E-state index >= 15 is 0 Å². The fourth-order valence-corrected chi connectivity index (χ4v) is 3.11. The van der Waals surface area contributed by atoms with Crippen molar-refractivity contribution in [2.24, 2.45) is 0 Å². The zero-order valence-electron chi connectivity index (χ0n) is 16.6. The predicted octanol–water partition coefficient (Wildman–Crippen LogP) is -0.501. The predicted molar refractivity (Wildman–Crippen MR) is 102 cm³/mol. The van der Waals surface area contributed by atoms with Gasteiger partial charge in [-0.2, -0.15) is 0 Å². The minimum atomic E-state index is -1.71. The lowest BCUT2D eigenvalue weighted by Gasteiger charge is -2.36. The first-order chi connectivity index (χ1) is 12.7. The molecule has 0 spiro atoms. The molecule has 1 aliphatic heterocycles. The number of nitrogens with zero attached hydrogens (tertiary/aromatic N) is 1. The molecular weight excluding hydrogens is 351 g/mol. The molecule has 1 fully saturated rings. The van der Waals surface area contributed by atoms with Crippen LogP contribution in [-0.4, -0.2) is 73.5 Å².